The van der Waals surface area contributed by atoms with Crippen LogP contribution in [0.5, 0.6) is 0 Å². The number of benzene rings is 1. The second-order valence-electron chi connectivity index (χ2n) is 6.46. The van der Waals surface area contributed by atoms with Crippen LogP contribution < -0.4 is 15.5 Å². The molecule has 1 aromatic heterocycles. The molecule has 1 atom stereocenters. The van der Waals surface area contributed by atoms with Crippen LogP contribution in [0.4, 0.5) is 5.82 Å². The highest BCUT2D eigenvalue weighted by atomic mass is 16.2. The summed E-state index contributed by atoms with van der Waals surface area (Å²) in [4.78, 5) is 23.0. The van der Waals surface area contributed by atoms with Gasteiger partial charge < -0.3 is 15.5 Å². The zero-order valence-electron chi connectivity index (χ0n) is 15.0. The number of carbonyl (C=O) groups excluding carboxylic acids is 1. The smallest absolute Gasteiger partial charge is 0.288 e. The van der Waals surface area contributed by atoms with E-state index in [2.05, 4.69) is 49.8 Å². The molecule has 1 aliphatic rings. The third kappa shape index (κ3) is 3.96. The molecule has 132 valence electrons. The summed E-state index contributed by atoms with van der Waals surface area (Å²) < 4.78 is 0. The van der Waals surface area contributed by atoms with Crippen molar-refractivity contribution in [2.75, 3.05) is 25.0 Å². The van der Waals surface area contributed by atoms with Crippen molar-refractivity contribution in [3.8, 4) is 0 Å². The normalized spacial score (nSPS) is 16.9. The molecule has 25 heavy (non-hydrogen) atoms. The highest BCUT2D eigenvalue weighted by Gasteiger charge is 2.26. The van der Waals surface area contributed by atoms with Gasteiger partial charge in [0.25, 0.3) is 5.91 Å². The van der Waals surface area contributed by atoms with Gasteiger partial charge in [0.2, 0.25) is 5.82 Å². The average molecular weight is 339 g/mol. The van der Waals surface area contributed by atoms with Crippen LogP contribution in [-0.2, 0) is 6.54 Å². The number of nitrogens with zero attached hydrogens (tertiary/aromatic N) is 3. The third-order valence-corrected chi connectivity index (χ3v) is 4.72. The van der Waals surface area contributed by atoms with E-state index in [0.717, 1.165) is 43.1 Å². The summed E-state index contributed by atoms with van der Waals surface area (Å²) in [5.41, 5.74) is 3.18. The van der Waals surface area contributed by atoms with Crippen LogP contribution in [0.2, 0.25) is 0 Å². The van der Waals surface area contributed by atoms with Crippen molar-refractivity contribution in [2.24, 2.45) is 0 Å². The number of aromatic nitrogens is 2. The molecule has 0 radical (unpaired) electrons. The highest BCUT2D eigenvalue weighted by Crippen LogP contribution is 2.24. The lowest BCUT2D eigenvalue weighted by molar-refractivity contribution is 0.0952. The van der Waals surface area contributed by atoms with Crippen LogP contribution in [-0.4, -0.2) is 42.1 Å². The molecule has 0 bridgehead atoms. The predicted molar refractivity (Wildman–Crippen MR) is 98.8 cm³/mol. The molecule has 0 aliphatic carbocycles. The second kappa shape index (κ2) is 7.61. The lowest BCUT2D eigenvalue weighted by atomic mass is 10.2. The first kappa shape index (κ1) is 17.4. The highest BCUT2D eigenvalue weighted by molar-refractivity contribution is 5.90. The van der Waals surface area contributed by atoms with Gasteiger partial charge in [0.15, 0.2) is 0 Å². The first-order valence-corrected chi connectivity index (χ1v) is 8.68. The Morgan fingerprint density at radius 1 is 1.24 bits per heavy atom. The topological polar surface area (TPSA) is 70.2 Å². The maximum absolute atomic E-state index is 11.9. The van der Waals surface area contributed by atoms with E-state index in [1.165, 1.54) is 5.56 Å². The summed E-state index contributed by atoms with van der Waals surface area (Å²) in [6.45, 7) is 6.62. The fourth-order valence-corrected chi connectivity index (χ4v) is 3.11. The molecule has 1 aliphatic heterocycles. The summed E-state index contributed by atoms with van der Waals surface area (Å²) in [7, 11) is 1.60. The first-order chi connectivity index (χ1) is 12.1. The molecule has 1 aromatic carbocycles. The number of anilines is 1. The van der Waals surface area contributed by atoms with E-state index < -0.39 is 0 Å². The maximum atomic E-state index is 11.9. The number of rotatable bonds is 5. The molecule has 2 N–H and O–H groups in total. The van der Waals surface area contributed by atoms with E-state index in [4.69, 9.17) is 0 Å². The second-order valence-corrected chi connectivity index (χ2v) is 6.46. The van der Waals surface area contributed by atoms with Gasteiger partial charge in [-0.3, -0.25) is 4.79 Å². The van der Waals surface area contributed by atoms with E-state index in [-0.39, 0.29) is 11.7 Å². The minimum absolute atomic E-state index is 0.237. The van der Waals surface area contributed by atoms with E-state index in [0.29, 0.717) is 6.04 Å². The molecule has 2 aromatic rings. The van der Waals surface area contributed by atoms with Crippen LogP contribution in [0.25, 0.3) is 0 Å². The molecule has 0 saturated carbocycles. The van der Waals surface area contributed by atoms with Crippen molar-refractivity contribution in [3.05, 3.63) is 53.0 Å². The molecule has 6 heteroatoms. The monoisotopic (exact) mass is 339 g/mol. The van der Waals surface area contributed by atoms with E-state index in [1.807, 2.05) is 19.9 Å². The molecule has 1 amide bonds. The van der Waals surface area contributed by atoms with Gasteiger partial charge in [-0.15, -0.1) is 0 Å². The standard InChI is InChI=1S/C19H25N5O/c1-13-14(2)22-17(19(25)20-3)23-18(13)24-10-9-16(12-24)21-11-15-7-5-4-6-8-15/h4-8,16,21H,9-12H2,1-3H3,(H,20,25)/t16-/m1/s1. The number of hydrogen-bond acceptors (Lipinski definition) is 5. The Morgan fingerprint density at radius 3 is 2.72 bits per heavy atom. The van der Waals surface area contributed by atoms with Crippen molar-refractivity contribution < 1.29 is 4.79 Å². The zero-order chi connectivity index (χ0) is 17.8. The number of carbonyl (C=O) groups is 1. The zero-order valence-corrected chi connectivity index (χ0v) is 15.0. The fourth-order valence-electron chi connectivity index (χ4n) is 3.11. The third-order valence-electron chi connectivity index (χ3n) is 4.72. The lowest BCUT2D eigenvalue weighted by Crippen LogP contribution is -2.33. The molecule has 6 nitrogen and oxygen atoms in total. The van der Waals surface area contributed by atoms with E-state index in [9.17, 15) is 4.79 Å². The molecular formula is C19H25N5O. The van der Waals surface area contributed by atoms with Gasteiger partial charge in [0, 0.05) is 44.0 Å². The van der Waals surface area contributed by atoms with Gasteiger partial charge in [-0.2, -0.15) is 0 Å². The summed E-state index contributed by atoms with van der Waals surface area (Å²) >= 11 is 0. The number of amides is 1. The Bertz CT molecular complexity index is 747. The van der Waals surface area contributed by atoms with Crippen molar-refractivity contribution in [3.63, 3.8) is 0 Å². The molecule has 1 saturated heterocycles. The Balaban J connectivity index is 1.69. The van der Waals surface area contributed by atoms with Crippen LogP contribution >= 0.6 is 0 Å². The van der Waals surface area contributed by atoms with Crippen molar-refractivity contribution in [2.45, 2.75) is 32.9 Å². The summed E-state index contributed by atoms with van der Waals surface area (Å²) in [6.07, 6.45) is 1.06. The van der Waals surface area contributed by atoms with Gasteiger partial charge in [0.05, 0.1) is 0 Å². The molecule has 3 rings (SSSR count). The number of nitrogens with one attached hydrogen (secondary N) is 2. The summed E-state index contributed by atoms with van der Waals surface area (Å²) in [5, 5.41) is 6.21. The minimum atomic E-state index is -0.248. The van der Waals surface area contributed by atoms with Crippen molar-refractivity contribution in [1.29, 1.82) is 0 Å². The lowest BCUT2D eigenvalue weighted by Gasteiger charge is -2.21. The first-order valence-electron chi connectivity index (χ1n) is 8.68. The molecule has 1 fully saturated rings. The number of aryl methyl sites for hydroxylation is 1. The van der Waals surface area contributed by atoms with Crippen LogP contribution in [0, 0.1) is 13.8 Å². The quantitative estimate of drug-likeness (QED) is 0.870. The Kier molecular flexibility index (Phi) is 5.28. The molecule has 0 spiro atoms. The average Bonchev–Trinajstić information content (AvgIpc) is 3.11. The Morgan fingerprint density at radius 2 is 2.00 bits per heavy atom. The van der Waals surface area contributed by atoms with Gasteiger partial charge >= 0.3 is 0 Å². The van der Waals surface area contributed by atoms with Crippen LogP contribution in [0.3, 0.4) is 0 Å². The Labute approximate surface area is 148 Å². The van der Waals surface area contributed by atoms with Crippen LogP contribution in [0.15, 0.2) is 30.3 Å². The van der Waals surface area contributed by atoms with Gasteiger partial charge in [-0.05, 0) is 25.8 Å². The van der Waals surface area contributed by atoms with E-state index >= 15 is 0 Å². The van der Waals surface area contributed by atoms with Gasteiger partial charge in [-0.25, -0.2) is 9.97 Å². The predicted octanol–water partition coefficient (Wildman–Crippen LogP) is 1.82. The van der Waals surface area contributed by atoms with E-state index in [1.54, 1.807) is 7.05 Å². The molecular weight excluding hydrogens is 314 g/mol. The van der Waals surface area contributed by atoms with Crippen molar-refractivity contribution >= 4 is 11.7 Å². The number of hydrogen-bond donors (Lipinski definition) is 2. The molecule has 2 heterocycles. The van der Waals surface area contributed by atoms with Crippen LogP contribution in [0.1, 0.15) is 33.9 Å². The fraction of sp³-hybridized carbons (Fsp3) is 0.421. The maximum Gasteiger partial charge on any atom is 0.288 e. The molecule has 0 unspecified atom stereocenters. The summed E-state index contributed by atoms with van der Waals surface area (Å²) in [6, 6.07) is 10.8. The Hall–Kier alpha value is -2.47. The minimum Gasteiger partial charge on any atom is -0.355 e. The van der Waals surface area contributed by atoms with Gasteiger partial charge in [0.1, 0.15) is 5.82 Å². The SMILES string of the molecule is CNC(=O)c1nc(C)c(C)c(N2CC[C@@H](NCc3ccccc3)C2)n1. The summed E-state index contributed by atoms with van der Waals surface area (Å²) in [5.74, 6) is 0.860. The van der Waals surface area contributed by atoms with Crippen molar-refractivity contribution in [1.82, 2.24) is 20.6 Å². The largest absolute Gasteiger partial charge is 0.355 e. The van der Waals surface area contributed by atoms with Gasteiger partial charge in [-0.1, -0.05) is 30.3 Å².